The number of nitrogens with zero attached hydrogens (tertiary/aromatic N) is 1. The molecular formula is C28H23N. The fourth-order valence-corrected chi connectivity index (χ4v) is 5.39. The fourth-order valence-electron chi connectivity index (χ4n) is 5.39. The van der Waals surface area contributed by atoms with Crippen molar-refractivity contribution in [2.75, 3.05) is 11.9 Å². The summed E-state index contributed by atoms with van der Waals surface area (Å²) in [6.07, 6.45) is 11.4. The molecule has 1 heterocycles. The summed E-state index contributed by atoms with van der Waals surface area (Å²) >= 11 is 0. The number of likely N-dealkylation sites (N-methyl/N-ethyl adjacent to an activating group) is 1. The highest BCUT2D eigenvalue weighted by molar-refractivity contribution is 6.01. The summed E-state index contributed by atoms with van der Waals surface area (Å²) in [5, 5.41) is 2.59. The molecule has 0 fully saturated rings. The zero-order valence-electron chi connectivity index (χ0n) is 16.8. The van der Waals surface area contributed by atoms with Crippen LogP contribution in [0.5, 0.6) is 0 Å². The van der Waals surface area contributed by atoms with Crippen molar-refractivity contribution in [3.8, 4) is 11.1 Å². The van der Waals surface area contributed by atoms with Crippen LogP contribution < -0.4 is 4.90 Å². The fraction of sp³-hybridized carbons (Fsp3) is 0.143. The van der Waals surface area contributed by atoms with E-state index in [4.69, 9.17) is 0 Å². The summed E-state index contributed by atoms with van der Waals surface area (Å²) in [7, 11) is 2.27. The number of benzene rings is 3. The Hall–Kier alpha value is -3.32. The Balaban J connectivity index is 1.72. The molecule has 0 spiro atoms. The van der Waals surface area contributed by atoms with E-state index in [-0.39, 0.29) is 0 Å². The van der Waals surface area contributed by atoms with Crippen molar-refractivity contribution in [2.24, 2.45) is 5.92 Å². The summed E-state index contributed by atoms with van der Waals surface area (Å²) in [5.41, 5.74) is 9.59. The standard InChI is InChI=1S/C28H23N/c1-18-15-21-11-5-6-12-22(21)28-27(18)24-14-8-7-13-23(24)25-16-19-9-3-4-10-20(19)17-26(25)29(28)2/h3-17,22,28H,1-2H3. The largest absolute Gasteiger partial charge is 0.366 e. The van der Waals surface area contributed by atoms with Gasteiger partial charge in [0.1, 0.15) is 0 Å². The molecule has 0 saturated carbocycles. The molecule has 1 nitrogen and oxygen atoms in total. The maximum absolute atomic E-state index is 2.52. The molecule has 2 unspecified atom stereocenters. The van der Waals surface area contributed by atoms with Gasteiger partial charge in [0.05, 0.1) is 6.04 Å². The number of fused-ring (bicyclic) bond motifs is 8. The molecule has 0 aromatic heterocycles. The first-order chi connectivity index (χ1) is 14.2. The molecule has 2 aliphatic carbocycles. The van der Waals surface area contributed by atoms with Crippen molar-refractivity contribution in [1.29, 1.82) is 0 Å². The molecule has 140 valence electrons. The third-order valence-electron chi connectivity index (χ3n) is 6.72. The van der Waals surface area contributed by atoms with Gasteiger partial charge >= 0.3 is 0 Å². The number of rotatable bonds is 0. The molecule has 0 N–H and O–H groups in total. The van der Waals surface area contributed by atoms with Gasteiger partial charge in [-0.2, -0.15) is 0 Å². The van der Waals surface area contributed by atoms with E-state index in [9.17, 15) is 0 Å². The molecular weight excluding hydrogens is 350 g/mol. The summed E-state index contributed by atoms with van der Waals surface area (Å²) in [4.78, 5) is 2.52. The second-order valence-corrected chi connectivity index (χ2v) is 8.33. The first kappa shape index (κ1) is 16.6. The average Bonchev–Trinajstić information content (AvgIpc) is 2.86. The Morgan fingerprint density at radius 2 is 1.52 bits per heavy atom. The maximum Gasteiger partial charge on any atom is 0.0651 e. The highest BCUT2D eigenvalue weighted by Crippen LogP contribution is 2.49. The Morgan fingerprint density at radius 1 is 0.793 bits per heavy atom. The van der Waals surface area contributed by atoms with Gasteiger partial charge in [-0.3, -0.25) is 0 Å². The topological polar surface area (TPSA) is 3.24 Å². The lowest BCUT2D eigenvalue weighted by Gasteiger charge is -2.40. The Kier molecular flexibility index (Phi) is 3.49. The van der Waals surface area contributed by atoms with E-state index in [1.807, 2.05) is 0 Å². The summed E-state index contributed by atoms with van der Waals surface area (Å²) in [5.74, 6) is 0.370. The van der Waals surface area contributed by atoms with Crippen LogP contribution in [0.2, 0.25) is 0 Å². The lowest BCUT2D eigenvalue weighted by molar-refractivity contribution is 0.634. The number of hydrogen-bond acceptors (Lipinski definition) is 1. The molecule has 1 aliphatic heterocycles. The second-order valence-electron chi connectivity index (χ2n) is 8.33. The predicted octanol–water partition coefficient (Wildman–Crippen LogP) is 6.78. The molecule has 0 bridgehead atoms. The van der Waals surface area contributed by atoms with Crippen molar-refractivity contribution in [3.63, 3.8) is 0 Å². The first-order valence-corrected chi connectivity index (χ1v) is 10.3. The van der Waals surface area contributed by atoms with E-state index < -0.39 is 0 Å². The van der Waals surface area contributed by atoms with Crippen LogP contribution in [0, 0.1) is 5.92 Å². The quantitative estimate of drug-likeness (QED) is 0.420. The predicted molar refractivity (Wildman–Crippen MR) is 124 cm³/mol. The van der Waals surface area contributed by atoms with Gasteiger partial charge in [-0.25, -0.2) is 0 Å². The van der Waals surface area contributed by atoms with Crippen LogP contribution >= 0.6 is 0 Å². The van der Waals surface area contributed by atoms with E-state index in [1.54, 1.807) is 0 Å². The van der Waals surface area contributed by atoms with E-state index in [0.717, 1.165) is 0 Å². The summed E-state index contributed by atoms with van der Waals surface area (Å²) < 4.78 is 0. The van der Waals surface area contributed by atoms with Crippen LogP contribution in [0.25, 0.3) is 27.5 Å². The monoisotopic (exact) mass is 373 g/mol. The Bertz CT molecular complexity index is 1280. The Labute approximate surface area is 172 Å². The molecule has 1 heteroatoms. The molecule has 3 aromatic rings. The van der Waals surface area contributed by atoms with Crippen LogP contribution in [0.3, 0.4) is 0 Å². The number of allylic oxidation sites excluding steroid dienone is 5. The average molecular weight is 373 g/mol. The highest BCUT2D eigenvalue weighted by Gasteiger charge is 2.38. The Morgan fingerprint density at radius 3 is 2.34 bits per heavy atom. The van der Waals surface area contributed by atoms with Crippen molar-refractivity contribution < 1.29 is 0 Å². The molecule has 0 amide bonds. The first-order valence-electron chi connectivity index (χ1n) is 10.3. The van der Waals surface area contributed by atoms with Gasteiger partial charge < -0.3 is 4.90 Å². The van der Waals surface area contributed by atoms with Gasteiger partial charge in [0.2, 0.25) is 0 Å². The van der Waals surface area contributed by atoms with Crippen LogP contribution in [-0.2, 0) is 0 Å². The third-order valence-corrected chi connectivity index (χ3v) is 6.72. The van der Waals surface area contributed by atoms with Gasteiger partial charge in [0.25, 0.3) is 0 Å². The molecule has 3 aromatic carbocycles. The SMILES string of the molecule is CC1=C2c3ccccc3-c3cc4ccccc4cc3N(C)C2C2C=CC=CC2=C1. The second kappa shape index (κ2) is 6.09. The van der Waals surface area contributed by atoms with Crippen molar-refractivity contribution >= 4 is 22.0 Å². The minimum absolute atomic E-state index is 0.291. The van der Waals surface area contributed by atoms with Gasteiger partial charge in [-0.1, -0.05) is 78.9 Å². The number of hydrogen-bond donors (Lipinski definition) is 0. The van der Waals surface area contributed by atoms with Crippen LogP contribution in [-0.4, -0.2) is 13.1 Å². The molecule has 29 heavy (non-hydrogen) atoms. The minimum Gasteiger partial charge on any atom is -0.366 e. The third kappa shape index (κ3) is 2.34. The van der Waals surface area contributed by atoms with Crippen molar-refractivity contribution in [3.05, 3.63) is 108 Å². The smallest absolute Gasteiger partial charge is 0.0651 e. The van der Waals surface area contributed by atoms with Crippen LogP contribution in [0.4, 0.5) is 5.69 Å². The molecule has 3 aliphatic rings. The van der Waals surface area contributed by atoms with Crippen LogP contribution in [0.15, 0.2) is 102 Å². The van der Waals surface area contributed by atoms with Gasteiger partial charge in [0.15, 0.2) is 0 Å². The van der Waals surface area contributed by atoms with Crippen molar-refractivity contribution in [1.82, 2.24) is 0 Å². The highest BCUT2D eigenvalue weighted by atomic mass is 15.1. The van der Waals surface area contributed by atoms with Gasteiger partial charge in [-0.15, -0.1) is 0 Å². The zero-order chi connectivity index (χ0) is 19.5. The lowest BCUT2D eigenvalue weighted by Crippen LogP contribution is -2.40. The molecule has 0 saturated heterocycles. The number of anilines is 1. The molecule has 6 rings (SSSR count). The van der Waals surface area contributed by atoms with Gasteiger partial charge in [-0.05, 0) is 57.7 Å². The van der Waals surface area contributed by atoms with Gasteiger partial charge in [0, 0.05) is 24.2 Å². The normalized spacial score (nSPS) is 21.9. The maximum atomic E-state index is 2.52. The molecule has 0 radical (unpaired) electrons. The van der Waals surface area contributed by atoms with E-state index in [2.05, 4.69) is 110 Å². The lowest BCUT2D eigenvalue weighted by atomic mass is 9.74. The minimum atomic E-state index is 0.291. The van der Waals surface area contributed by atoms with E-state index in [0.29, 0.717) is 12.0 Å². The summed E-state index contributed by atoms with van der Waals surface area (Å²) in [6.45, 7) is 2.27. The van der Waals surface area contributed by atoms with Crippen molar-refractivity contribution in [2.45, 2.75) is 13.0 Å². The van der Waals surface area contributed by atoms with Crippen LogP contribution in [0.1, 0.15) is 12.5 Å². The zero-order valence-corrected chi connectivity index (χ0v) is 16.8. The molecule has 2 atom stereocenters. The van der Waals surface area contributed by atoms with E-state index in [1.165, 1.54) is 49.9 Å². The summed E-state index contributed by atoms with van der Waals surface area (Å²) in [6, 6.07) is 22.7. The van der Waals surface area contributed by atoms with E-state index >= 15 is 0 Å².